The molecular formula is C42H64Br4N12O12. The van der Waals surface area contributed by atoms with Gasteiger partial charge in [0.25, 0.3) is 0 Å². The first-order valence-corrected chi connectivity index (χ1v) is 27.5. The van der Waals surface area contributed by atoms with Crippen LogP contribution in [0.4, 0.5) is 11.6 Å². The Morgan fingerprint density at radius 1 is 0.543 bits per heavy atom. The number of aliphatic imine (C=N–C) groups is 2. The number of anilines is 2. The summed E-state index contributed by atoms with van der Waals surface area (Å²) in [5.41, 5.74) is 1.01. The fourth-order valence-corrected chi connectivity index (χ4v) is 9.49. The molecule has 0 saturated carbocycles. The zero-order valence-electron chi connectivity index (χ0n) is 38.6. The van der Waals surface area contributed by atoms with Gasteiger partial charge in [-0.3, -0.25) is 38.3 Å². The molecule has 4 saturated heterocycles. The quantitative estimate of drug-likeness (QED) is 0.134. The van der Waals surface area contributed by atoms with E-state index in [-0.39, 0.29) is 49.9 Å². The number of imidazole rings is 2. The largest absolute Gasteiger partial charge is 0.394 e. The Balaban J connectivity index is 0.000000175. The first-order chi connectivity index (χ1) is 33.8. The minimum absolute atomic E-state index is 0.171. The van der Waals surface area contributed by atoms with Gasteiger partial charge in [0, 0.05) is 112 Å². The van der Waals surface area contributed by atoms with Gasteiger partial charge in [0.2, 0.25) is 23.6 Å². The van der Waals surface area contributed by atoms with Crippen LogP contribution in [0.2, 0.25) is 0 Å². The molecule has 8 rings (SSSR count). The molecule has 0 bridgehead atoms. The van der Waals surface area contributed by atoms with Crippen LogP contribution in [-0.4, -0.2) is 230 Å². The average Bonchev–Trinajstić information content (AvgIpc) is 4.12. The number of aliphatic hydroxyl groups is 6. The fourth-order valence-electron chi connectivity index (χ4n) is 8.13. The van der Waals surface area contributed by atoms with Crippen molar-refractivity contribution in [2.24, 2.45) is 9.98 Å². The summed E-state index contributed by atoms with van der Waals surface area (Å²) < 4.78 is 14.5. The predicted octanol–water partition coefficient (Wildman–Crippen LogP) is 0.476. The van der Waals surface area contributed by atoms with Crippen LogP contribution in [0, 0.1) is 0 Å². The summed E-state index contributed by atoms with van der Waals surface area (Å²) in [4.78, 5) is 70.0. The summed E-state index contributed by atoms with van der Waals surface area (Å²) in [6, 6.07) is 0. The average molecular weight is 1250 g/mol. The zero-order chi connectivity index (χ0) is 50.7. The number of aliphatic hydroxyl groups excluding tert-OH is 6. The van der Waals surface area contributed by atoms with E-state index in [2.05, 4.69) is 94.3 Å². The van der Waals surface area contributed by atoms with Crippen LogP contribution < -0.4 is 10.6 Å². The van der Waals surface area contributed by atoms with Crippen molar-refractivity contribution in [3.05, 3.63) is 24.0 Å². The monoisotopic (exact) mass is 1240 g/mol. The smallest absolute Gasteiger partial charge is 0.223 e. The molecule has 0 spiro atoms. The number of piperazine rings is 2. The summed E-state index contributed by atoms with van der Waals surface area (Å²) in [6.45, 7) is 5.38. The number of ether oxygens (including phenoxy) is 2. The van der Waals surface area contributed by atoms with Gasteiger partial charge in [-0.15, -0.1) is 0 Å². The van der Waals surface area contributed by atoms with E-state index >= 15 is 0 Å². The normalized spacial score (nSPS) is 25.9. The van der Waals surface area contributed by atoms with Crippen molar-refractivity contribution < 1.29 is 59.3 Å². The highest BCUT2D eigenvalue weighted by Gasteiger charge is 2.38. The summed E-state index contributed by atoms with van der Waals surface area (Å²) in [5.74, 6) is 1.89. The number of fused-ring (bicyclic) bond motifs is 2. The number of nitrogens with zero attached hydrogens (tertiary/aromatic N) is 10. The van der Waals surface area contributed by atoms with Crippen molar-refractivity contribution >= 4 is 112 Å². The Kier molecular flexibility index (Phi) is 24.3. The zero-order valence-corrected chi connectivity index (χ0v) is 44.9. The summed E-state index contributed by atoms with van der Waals surface area (Å²) in [7, 11) is 0. The fraction of sp³-hybridized carbons (Fsp3) is 0.714. The van der Waals surface area contributed by atoms with Gasteiger partial charge in [-0.2, -0.15) is 0 Å². The maximum Gasteiger partial charge on any atom is 0.223 e. The molecule has 2 aromatic heterocycles. The molecule has 4 amide bonds. The highest BCUT2D eigenvalue weighted by molar-refractivity contribution is 9.09. The number of carbonyl (C=O) groups excluding carboxylic acids is 4. The second kappa shape index (κ2) is 29.5. The third-order valence-corrected chi connectivity index (χ3v) is 13.6. The molecule has 392 valence electrons. The molecule has 24 nitrogen and oxygen atoms in total. The molecule has 0 aliphatic carbocycles. The number of nitrogens with one attached hydrogen (secondary N) is 2. The highest BCUT2D eigenvalue weighted by Crippen LogP contribution is 2.35. The lowest BCUT2D eigenvalue weighted by molar-refractivity contribution is -0.139. The third-order valence-electron chi connectivity index (χ3n) is 12.0. The van der Waals surface area contributed by atoms with Gasteiger partial charge in [-0.1, -0.05) is 63.7 Å². The molecular weight excluding hydrogens is 1180 g/mol. The molecule has 0 unspecified atom stereocenters. The van der Waals surface area contributed by atoms with Crippen molar-refractivity contribution in [1.29, 1.82) is 0 Å². The topological polar surface area (TPSA) is 306 Å². The van der Waals surface area contributed by atoms with Crippen molar-refractivity contribution in [1.82, 2.24) is 38.7 Å². The number of rotatable bonds is 12. The van der Waals surface area contributed by atoms with Crippen molar-refractivity contribution in [3.8, 4) is 0 Å². The first kappa shape index (κ1) is 57.7. The SMILES string of the molecule is O=C(CCBr)N1CCN(C(=O)CCBr)CC1.O=C(CCBr)N1CCN(C(=O)CCBr)CC1.OC[C@H]1O[C@@H](n2cnc3c2NC=NC[C@H]3O)C[C@@H]1O.OC[C@H]1O[C@@H](n2cnc3c2NC=NC[C@H]3O)C[C@@H]1O. The van der Waals surface area contributed by atoms with Crippen LogP contribution in [0.15, 0.2) is 22.6 Å². The minimum Gasteiger partial charge on any atom is -0.394 e. The number of aromatic nitrogens is 4. The Hall–Kier alpha value is -3.16. The van der Waals surface area contributed by atoms with Crippen LogP contribution in [0.1, 0.15) is 74.6 Å². The molecule has 8 atom stereocenters. The minimum atomic E-state index is -0.762. The maximum atomic E-state index is 11.6. The maximum absolute atomic E-state index is 11.6. The molecule has 2 aromatic rings. The molecule has 0 aromatic carbocycles. The number of halogens is 4. The Bertz CT molecular complexity index is 1850. The molecule has 70 heavy (non-hydrogen) atoms. The Labute approximate surface area is 439 Å². The number of amides is 4. The van der Waals surface area contributed by atoms with Gasteiger partial charge in [-0.05, 0) is 0 Å². The van der Waals surface area contributed by atoms with Crippen LogP contribution in [0.5, 0.6) is 0 Å². The molecule has 0 radical (unpaired) electrons. The van der Waals surface area contributed by atoms with E-state index < -0.39 is 49.1 Å². The standard InChI is InChI=1S/2C11H16N4O4.2C10H16Br2N2O2/c2*16-3-8-6(17)1-9(19-8)15-5-14-10-7(18)2-12-4-13-11(10)15;2*11-3-1-9(15)13-5-7-14(8-6-13)10(16)2-4-12/h2*4-9,16-18H,1-3H2,(H,12,13);2*1-8H2/t2*6-,7+,8+,9+;;/m00../s1. The predicted molar refractivity (Wildman–Crippen MR) is 272 cm³/mol. The molecule has 4 fully saturated rings. The van der Waals surface area contributed by atoms with Gasteiger partial charge in [0.1, 0.15) is 59.9 Å². The van der Waals surface area contributed by atoms with E-state index in [9.17, 15) is 39.6 Å². The molecule has 8 heterocycles. The highest BCUT2D eigenvalue weighted by atomic mass is 79.9. The summed E-state index contributed by atoms with van der Waals surface area (Å²) >= 11 is 13.0. The van der Waals surface area contributed by atoms with Crippen molar-refractivity contribution in [2.75, 3.05) is 111 Å². The lowest BCUT2D eigenvalue weighted by Gasteiger charge is -2.34. The molecule has 6 aliphatic rings. The van der Waals surface area contributed by atoms with Crippen molar-refractivity contribution in [2.45, 2.75) is 87.6 Å². The van der Waals surface area contributed by atoms with Gasteiger partial charge in [-0.25, -0.2) is 9.97 Å². The van der Waals surface area contributed by atoms with Gasteiger partial charge in [0.15, 0.2) is 0 Å². The molecule has 6 aliphatic heterocycles. The third kappa shape index (κ3) is 15.9. The Morgan fingerprint density at radius 3 is 1.10 bits per heavy atom. The van der Waals surface area contributed by atoms with Crippen LogP contribution in [0.3, 0.4) is 0 Å². The molecule has 28 heteroatoms. The van der Waals surface area contributed by atoms with Crippen LogP contribution in [0.25, 0.3) is 0 Å². The second-order valence-electron chi connectivity index (χ2n) is 16.6. The summed E-state index contributed by atoms with van der Waals surface area (Å²) in [5, 5.41) is 66.2. The van der Waals surface area contributed by atoms with Crippen LogP contribution in [-0.2, 0) is 28.7 Å². The van der Waals surface area contributed by atoms with E-state index in [1.807, 2.05) is 19.6 Å². The number of alkyl halides is 4. The van der Waals surface area contributed by atoms with E-state index in [0.717, 1.165) is 0 Å². The van der Waals surface area contributed by atoms with E-state index in [1.54, 1.807) is 21.8 Å². The Morgan fingerprint density at radius 2 is 0.843 bits per heavy atom. The lowest BCUT2D eigenvalue weighted by Crippen LogP contribution is -2.50. The molecule has 8 N–H and O–H groups in total. The second-order valence-corrected chi connectivity index (χ2v) is 19.8. The lowest BCUT2D eigenvalue weighted by atomic mass is 10.2. The number of carbonyl (C=O) groups is 4. The number of hydrogen-bond donors (Lipinski definition) is 8. The van der Waals surface area contributed by atoms with Crippen molar-refractivity contribution in [3.63, 3.8) is 0 Å². The van der Waals surface area contributed by atoms with E-state index in [0.29, 0.717) is 135 Å². The van der Waals surface area contributed by atoms with Crippen LogP contribution >= 0.6 is 63.7 Å². The van der Waals surface area contributed by atoms with Gasteiger partial charge in [0.05, 0.1) is 63.8 Å². The summed E-state index contributed by atoms with van der Waals surface area (Å²) in [6.07, 6.45) is 4.02. The van der Waals surface area contributed by atoms with Gasteiger partial charge >= 0.3 is 0 Å². The van der Waals surface area contributed by atoms with Gasteiger partial charge < -0.3 is 70.3 Å². The first-order valence-electron chi connectivity index (χ1n) is 23.0. The van der Waals surface area contributed by atoms with E-state index in [4.69, 9.17) is 19.7 Å². The van der Waals surface area contributed by atoms with E-state index in [1.165, 1.54) is 12.7 Å². The number of hydrogen-bond acceptors (Lipinski definition) is 18.